The minimum absolute atomic E-state index is 0.0235. The Bertz CT molecular complexity index is 166. The van der Waals surface area contributed by atoms with E-state index < -0.39 is 6.10 Å². The van der Waals surface area contributed by atoms with Gasteiger partial charge in [-0.05, 0) is 19.1 Å². The van der Waals surface area contributed by atoms with E-state index in [4.69, 9.17) is 5.26 Å². The van der Waals surface area contributed by atoms with E-state index in [1.807, 2.05) is 12.3 Å². The monoisotopic (exact) mass is 171 g/mol. The van der Waals surface area contributed by atoms with Crippen LogP contribution < -0.4 is 0 Å². The van der Waals surface area contributed by atoms with E-state index in [0.29, 0.717) is 0 Å². The highest BCUT2D eigenvalue weighted by Gasteiger charge is 2.42. The van der Waals surface area contributed by atoms with Crippen molar-refractivity contribution in [2.24, 2.45) is 0 Å². The normalized spacial score (nSPS) is 23.4. The second-order valence-electron chi connectivity index (χ2n) is 3.00. The van der Waals surface area contributed by atoms with Crippen LogP contribution in [0.2, 0.25) is 0 Å². The van der Waals surface area contributed by atoms with Gasteiger partial charge in [0.25, 0.3) is 0 Å². The summed E-state index contributed by atoms with van der Waals surface area (Å²) in [4.78, 5) is 0. The average Bonchev–Trinajstić information content (AvgIpc) is 1.87. The lowest BCUT2D eigenvalue weighted by molar-refractivity contribution is 0.0915. The van der Waals surface area contributed by atoms with Crippen LogP contribution in [0.1, 0.15) is 25.7 Å². The molecular formula is C8H13NOS. The summed E-state index contributed by atoms with van der Waals surface area (Å²) in [7, 11) is 0. The molecule has 0 aliphatic heterocycles. The smallest absolute Gasteiger partial charge is 0.0816 e. The van der Waals surface area contributed by atoms with Gasteiger partial charge in [-0.15, -0.1) is 0 Å². The summed E-state index contributed by atoms with van der Waals surface area (Å²) in [6.07, 6.45) is 5.20. The molecule has 0 aromatic carbocycles. The summed E-state index contributed by atoms with van der Waals surface area (Å²) < 4.78 is 0.0235. The van der Waals surface area contributed by atoms with Crippen molar-refractivity contribution in [1.29, 1.82) is 5.26 Å². The number of hydrogen-bond donors (Lipinski definition) is 1. The zero-order valence-corrected chi connectivity index (χ0v) is 7.52. The number of aliphatic hydroxyl groups is 1. The Balaban J connectivity index is 2.48. The molecule has 0 saturated heterocycles. The van der Waals surface area contributed by atoms with Crippen LogP contribution in [0.5, 0.6) is 0 Å². The lowest BCUT2D eigenvalue weighted by Crippen LogP contribution is -2.44. The second-order valence-corrected chi connectivity index (χ2v) is 4.22. The molecule has 0 heterocycles. The van der Waals surface area contributed by atoms with Crippen LogP contribution in [0.25, 0.3) is 0 Å². The predicted molar refractivity (Wildman–Crippen MR) is 46.3 cm³/mol. The summed E-state index contributed by atoms with van der Waals surface area (Å²) in [6.45, 7) is 0. The van der Waals surface area contributed by atoms with Crippen molar-refractivity contribution in [1.82, 2.24) is 0 Å². The van der Waals surface area contributed by atoms with Crippen LogP contribution in [0, 0.1) is 11.3 Å². The van der Waals surface area contributed by atoms with Gasteiger partial charge < -0.3 is 5.11 Å². The Morgan fingerprint density at radius 3 is 2.64 bits per heavy atom. The molecule has 11 heavy (non-hydrogen) atoms. The number of nitriles is 1. The number of rotatable bonds is 3. The van der Waals surface area contributed by atoms with Crippen LogP contribution in [-0.4, -0.2) is 22.2 Å². The van der Waals surface area contributed by atoms with Gasteiger partial charge in [-0.2, -0.15) is 17.0 Å². The van der Waals surface area contributed by atoms with Crippen molar-refractivity contribution in [3.05, 3.63) is 0 Å². The minimum Gasteiger partial charge on any atom is -0.391 e. The molecule has 1 aliphatic rings. The average molecular weight is 171 g/mol. The molecular weight excluding hydrogens is 158 g/mol. The van der Waals surface area contributed by atoms with Gasteiger partial charge in [0.2, 0.25) is 0 Å². The van der Waals surface area contributed by atoms with E-state index in [1.165, 1.54) is 6.42 Å². The van der Waals surface area contributed by atoms with Gasteiger partial charge in [0.15, 0.2) is 0 Å². The van der Waals surface area contributed by atoms with Crippen LogP contribution >= 0.6 is 11.8 Å². The third-order valence-corrected chi connectivity index (χ3v) is 3.99. The topological polar surface area (TPSA) is 44.0 Å². The van der Waals surface area contributed by atoms with Crippen LogP contribution in [0.4, 0.5) is 0 Å². The Morgan fingerprint density at radius 1 is 1.73 bits per heavy atom. The van der Waals surface area contributed by atoms with Gasteiger partial charge in [0.05, 0.1) is 18.6 Å². The number of nitrogens with zero attached hydrogens (tertiary/aromatic N) is 1. The maximum absolute atomic E-state index is 9.58. The molecule has 3 heteroatoms. The Labute approximate surface area is 71.6 Å². The van der Waals surface area contributed by atoms with Crippen LogP contribution in [0.15, 0.2) is 0 Å². The van der Waals surface area contributed by atoms with E-state index >= 15 is 0 Å². The lowest BCUT2D eigenvalue weighted by atomic mass is 9.79. The largest absolute Gasteiger partial charge is 0.391 e. The van der Waals surface area contributed by atoms with Crippen LogP contribution in [-0.2, 0) is 0 Å². The SMILES string of the molecule is CSC1(C(O)CC#N)CCC1. The fourth-order valence-electron chi connectivity index (χ4n) is 1.47. The lowest BCUT2D eigenvalue weighted by Gasteiger charge is -2.43. The van der Waals surface area contributed by atoms with E-state index in [2.05, 4.69) is 0 Å². The molecule has 1 saturated carbocycles. The molecule has 62 valence electrons. The van der Waals surface area contributed by atoms with E-state index in [9.17, 15) is 5.11 Å². The Kier molecular flexibility index (Phi) is 2.80. The van der Waals surface area contributed by atoms with Gasteiger partial charge in [0, 0.05) is 4.75 Å². The Hall–Kier alpha value is -0.200. The number of thioether (sulfide) groups is 1. The molecule has 0 aromatic rings. The summed E-state index contributed by atoms with van der Waals surface area (Å²) in [6, 6.07) is 2.01. The first-order valence-electron chi connectivity index (χ1n) is 3.85. The standard InChI is InChI=1S/C8H13NOS/c1-11-8(4-2-5-8)7(10)3-6-9/h7,10H,2-5H2,1H3. The molecule has 2 nitrogen and oxygen atoms in total. The van der Waals surface area contributed by atoms with Gasteiger partial charge in [-0.1, -0.05) is 6.42 Å². The third-order valence-electron chi connectivity index (χ3n) is 2.50. The summed E-state index contributed by atoms with van der Waals surface area (Å²) in [5.41, 5.74) is 0. The number of aliphatic hydroxyl groups excluding tert-OH is 1. The highest BCUT2D eigenvalue weighted by atomic mass is 32.2. The van der Waals surface area contributed by atoms with E-state index in [-0.39, 0.29) is 11.2 Å². The first-order valence-corrected chi connectivity index (χ1v) is 5.08. The molecule has 0 aromatic heterocycles. The first-order chi connectivity index (χ1) is 5.25. The summed E-state index contributed by atoms with van der Waals surface area (Å²) >= 11 is 1.71. The fraction of sp³-hybridized carbons (Fsp3) is 0.875. The summed E-state index contributed by atoms with van der Waals surface area (Å²) in [5.74, 6) is 0. The van der Waals surface area contributed by atoms with Crippen LogP contribution in [0.3, 0.4) is 0 Å². The predicted octanol–water partition coefficient (Wildman–Crippen LogP) is 1.55. The van der Waals surface area contributed by atoms with E-state index in [0.717, 1.165) is 12.8 Å². The van der Waals surface area contributed by atoms with Crippen molar-refractivity contribution >= 4 is 11.8 Å². The fourth-order valence-corrected chi connectivity index (χ4v) is 2.52. The highest BCUT2D eigenvalue weighted by Crippen LogP contribution is 2.46. The maximum Gasteiger partial charge on any atom is 0.0816 e. The van der Waals surface area contributed by atoms with Crippen molar-refractivity contribution in [3.8, 4) is 6.07 Å². The quantitative estimate of drug-likeness (QED) is 0.700. The molecule has 0 bridgehead atoms. The van der Waals surface area contributed by atoms with Gasteiger partial charge in [-0.3, -0.25) is 0 Å². The molecule has 0 radical (unpaired) electrons. The van der Waals surface area contributed by atoms with Gasteiger partial charge in [-0.25, -0.2) is 0 Å². The molecule has 0 spiro atoms. The van der Waals surface area contributed by atoms with Crippen molar-refractivity contribution < 1.29 is 5.11 Å². The highest BCUT2D eigenvalue weighted by molar-refractivity contribution is 8.00. The third kappa shape index (κ3) is 1.52. The minimum atomic E-state index is -0.420. The second kappa shape index (κ2) is 3.46. The van der Waals surface area contributed by atoms with Crippen molar-refractivity contribution in [3.63, 3.8) is 0 Å². The van der Waals surface area contributed by atoms with Crippen molar-refractivity contribution in [2.75, 3.05) is 6.26 Å². The Morgan fingerprint density at radius 2 is 2.36 bits per heavy atom. The molecule has 1 rings (SSSR count). The van der Waals surface area contributed by atoms with Gasteiger partial charge in [0.1, 0.15) is 0 Å². The molecule has 1 unspecified atom stereocenters. The first kappa shape index (κ1) is 8.89. The summed E-state index contributed by atoms with van der Waals surface area (Å²) in [5, 5.41) is 18.0. The molecule has 1 N–H and O–H groups in total. The molecule has 1 atom stereocenters. The zero-order chi connectivity index (χ0) is 8.32. The van der Waals surface area contributed by atoms with E-state index in [1.54, 1.807) is 11.8 Å². The molecule has 1 fully saturated rings. The molecule has 0 amide bonds. The zero-order valence-electron chi connectivity index (χ0n) is 6.71. The maximum atomic E-state index is 9.58. The van der Waals surface area contributed by atoms with Crippen molar-refractivity contribution in [2.45, 2.75) is 36.5 Å². The van der Waals surface area contributed by atoms with Gasteiger partial charge >= 0.3 is 0 Å². The number of hydrogen-bond acceptors (Lipinski definition) is 3. The molecule has 1 aliphatic carbocycles.